The first kappa shape index (κ1) is 19.7. The Hall–Kier alpha value is -2.05. The molecular formula is C21H30N3O2S+. The Balaban J connectivity index is 1.79. The lowest BCUT2D eigenvalue weighted by atomic mass is 10.1. The predicted molar refractivity (Wildman–Crippen MR) is 111 cm³/mol. The summed E-state index contributed by atoms with van der Waals surface area (Å²) in [6.45, 7) is 9.49. The van der Waals surface area contributed by atoms with Crippen LogP contribution in [0.3, 0.4) is 0 Å². The number of anilines is 2. The van der Waals surface area contributed by atoms with Crippen LogP contribution >= 0.6 is 0 Å². The number of para-hydroxylation sites is 2. The molecule has 2 N–H and O–H groups in total. The Morgan fingerprint density at radius 3 is 2.30 bits per heavy atom. The molecule has 3 rings (SSSR count). The zero-order valence-corrected chi connectivity index (χ0v) is 17.1. The van der Waals surface area contributed by atoms with E-state index in [1.807, 2.05) is 36.4 Å². The van der Waals surface area contributed by atoms with Crippen LogP contribution in [0.5, 0.6) is 0 Å². The zero-order chi connectivity index (χ0) is 19.3. The quantitative estimate of drug-likeness (QED) is 0.764. The van der Waals surface area contributed by atoms with Gasteiger partial charge in [-0.25, -0.2) is 8.42 Å². The van der Waals surface area contributed by atoms with Crippen molar-refractivity contribution in [2.75, 3.05) is 42.3 Å². The highest BCUT2D eigenvalue weighted by Crippen LogP contribution is 2.28. The fraction of sp³-hybridized carbons (Fsp3) is 0.429. The Morgan fingerprint density at radius 2 is 1.67 bits per heavy atom. The second kappa shape index (κ2) is 8.76. The molecule has 27 heavy (non-hydrogen) atoms. The van der Waals surface area contributed by atoms with E-state index >= 15 is 0 Å². The highest BCUT2D eigenvalue weighted by atomic mass is 32.2. The van der Waals surface area contributed by atoms with Gasteiger partial charge < -0.3 is 9.80 Å². The van der Waals surface area contributed by atoms with Gasteiger partial charge in [0.1, 0.15) is 0 Å². The van der Waals surface area contributed by atoms with Crippen molar-refractivity contribution in [3.63, 3.8) is 0 Å². The molecule has 1 heterocycles. The Morgan fingerprint density at radius 1 is 1.00 bits per heavy atom. The lowest BCUT2D eigenvalue weighted by molar-refractivity contribution is -0.898. The second-order valence-electron chi connectivity index (χ2n) is 7.11. The number of nitrogens with zero attached hydrogens (tertiary/aromatic N) is 1. The number of hydrogen-bond acceptors (Lipinski definition) is 3. The number of aryl methyl sites for hydroxylation is 1. The topological polar surface area (TPSA) is 53.9 Å². The normalized spacial score (nSPS) is 15.7. The van der Waals surface area contributed by atoms with Crippen molar-refractivity contribution < 1.29 is 13.3 Å². The number of nitrogens with one attached hydrogen (secondary N) is 2. The van der Waals surface area contributed by atoms with E-state index in [4.69, 9.17) is 0 Å². The first-order valence-corrected chi connectivity index (χ1v) is 11.3. The summed E-state index contributed by atoms with van der Waals surface area (Å²) >= 11 is 0. The highest BCUT2D eigenvalue weighted by Gasteiger charge is 2.22. The Labute approximate surface area is 163 Å². The second-order valence-corrected chi connectivity index (χ2v) is 8.79. The Bertz CT molecular complexity index is 842. The number of rotatable bonds is 7. The average molecular weight is 389 g/mol. The number of benzene rings is 2. The van der Waals surface area contributed by atoms with Gasteiger partial charge in [0.25, 0.3) is 10.0 Å². The van der Waals surface area contributed by atoms with E-state index in [0.717, 1.165) is 56.8 Å². The minimum Gasteiger partial charge on any atom is -0.359 e. The molecule has 1 aliphatic heterocycles. The van der Waals surface area contributed by atoms with Crippen LogP contribution in [0, 0.1) is 0 Å². The van der Waals surface area contributed by atoms with Gasteiger partial charge in [-0.3, -0.25) is 4.72 Å². The molecule has 0 spiro atoms. The molecule has 2 aromatic rings. The molecule has 0 unspecified atom stereocenters. The van der Waals surface area contributed by atoms with Crippen molar-refractivity contribution >= 4 is 21.4 Å². The van der Waals surface area contributed by atoms with Gasteiger partial charge in [-0.15, -0.1) is 0 Å². The van der Waals surface area contributed by atoms with Crippen molar-refractivity contribution in [3.05, 3.63) is 54.1 Å². The SMILES string of the molecule is CCCc1ccc(S(=O)(=O)Nc2ccccc2N2CC[NH+](CC)CC2)cc1. The molecule has 0 bridgehead atoms. The summed E-state index contributed by atoms with van der Waals surface area (Å²) in [5.74, 6) is 0. The molecule has 0 radical (unpaired) electrons. The first-order chi connectivity index (χ1) is 13.0. The maximum Gasteiger partial charge on any atom is 0.261 e. The van der Waals surface area contributed by atoms with Crippen LogP contribution in [0.15, 0.2) is 53.4 Å². The van der Waals surface area contributed by atoms with Crippen LogP contribution in [-0.4, -0.2) is 41.1 Å². The van der Waals surface area contributed by atoms with Crippen LogP contribution in [-0.2, 0) is 16.4 Å². The van der Waals surface area contributed by atoms with Crippen molar-refractivity contribution in [2.24, 2.45) is 0 Å². The molecule has 0 saturated carbocycles. The van der Waals surface area contributed by atoms with Gasteiger partial charge in [0.05, 0.1) is 49.0 Å². The van der Waals surface area contributed by atoms with Crippen LogP contribution in [0.4, 0.5) is 11.4 Å². The van der Waals surface area contributed by atoms with Gasteiger partial charge in [0.2, 0.25) is 0 Å². The molecule has 6 heteroatoms. The summed E-state index contributed by atoms with van der Waals surface area (Å²) in [5.41, 5.74) is 2.77. The van der Waals surface area contributed by atoms with Gasteiger partial charge in [0.15, 0.2) is 0 Å². The monoisotopic (exact) mass is 388 g/mol. The number of likely N-dealkylation sites (N-methyl/N-ethyl adjacent to an activating group) is 1. The number of quaternary nitrogens is 1. The average Bonchev–Trinajstić information content (AvgIpc) is 2.69. The third-order valence-corrected chi connectivity index (χ3v) is 6.61. The molecule has 0 aliphatic carbocycles. The molecule has 2 aromatic carbocycles. The van der Waals surface area contributed by atoms with Gasteiger partial charge >= 0.3 is 0 Å². The third kappa shape index (κ3) is 4.82. The van der Waals surface area contributed by atoms with E-state index in [1.54, 1.807) is 17.0 Å². The van der Waals surface area contributed by atoms with Crippen molar-refractivity contribution in [1.29, 1.82) is 0 Å². The minimum atomic E-state index is -3.60. The molecule has 146 valence electrons. The molecule has 1 saturated heterocycles. The van der Waals surface area contributed by atoms with E-state index in [0.29, 0.717) is 10.6 Å². The fourth-order valence-corrected chi connectivity index (χ4v) is 4.66. The van der Waals surface area contributed by atoms with Gasteiger partial charge in [-0.1, -0.05) is 37.6 Å². The van der Waals surface area contributed by atoms with E-state index in [-0.39, 0.29) is 0 Å². The molecule has 0 atom stereocenters. The lowest BCUT2D eigenvalue weighted by Crippen LogP contribution is -3.14. The van der Waals surface area contributed by atoms with Crippen molar-refractivity contribution in [3.8, 4) is 0 Å². The first-order valence-electron chi connectivity index (χ1n) is 9.82. The standard InChI is InChI=1S/C21H29N3O2S/c1-3-7-18-10-12-19(13-11-18)27(25,26)22-20-8-5-6-9-21(20)24-16-14-23(4-2)15-17-24/h5-6,8-13,22H,3-4,7,14-17H2,1-2H3/p+1. The van der Waals surface area contributed by atoms with Gasteiger partial charge in [0, 0.05) is 0 Å². The highest BCUT2D eigenvalue weighted by molar-refractivity contribution is 7.92. The summed E-state index contributed by atoms with van der Waals surface area (Å²) in [5, 5.41) is 0. The van der Waals surface area contributed by atoms with Crippen molar-refractivity contribution in [2.45, 2.75) is 31.6 Å². The molecule has 0 aromatic heterocycles. The van der Waals surface area contributed by atoms with E-state index < -0.39 is 10.0 Å². The summed E-state index contributed by atoms with van der Waals surface area (Å²) in [6, 6.07) is 14.9. The van der Waals surface area contributed by atoms with Crippen LogP contribution in [0.2, 0.25) is 0 Å². The smallest absolute Gasteiger partial charge is 0.261 e. The fourth-order valence-electron chi connectivity index (χ4n) is 3.58. The lowest BCUT2D eigenvalue weighted by Gasteiger charge is -2.34. The number of hydrogen-bond donors (Lipinski definition) is 2. The summed E-state index contributed by atoms with van der Waals surface area (Å²) in [6.07, 6.45) is 2.01. The van der Waals surface area contributed by atoms with E-state index in [1.165, 1.54) is 0 Å². The van der Waals surface area contributed by atoms with Crippen molar-refractivity contribution in [1.82, 2.24) is 0 Å². The Kier molecular flexibility index (Phi) is 6.39. The summed E-state index contributed by atoms with van der Waals surface area (Å²) < 4.78 is 28.5. The van der Waals surface area contributed by atoms with E-state index in [9.17, 15) is 8.42 Å². The largest absolute Gasteiger partial charge is 0.359 e. The minimum absolute atomic E-state index is 0.303. The third-order valence-electron chi connectivity index (χ3n) is 5.23. The maximum atomic E-state index is 12.9. The van der Waals surface area contributed by atoms with Crippen LogP contribution < -0.4 is 14.5 Å². The maximum absolute atomic E-state index is 12.9. The predicted octanol–water partition coefficient (Wildman–Crippen LogP) is 2.16. The molecule has 1 fully saturated rings. The molecular weight excluding hydrogens is 358 g/mol. The number of piperazine rings is 1. The molecule has 0 amide bonds. The van der Waals surface area contributed by atoms with Crippen LogP contribution in [0.1, 0.15) is 25.8 Å². The number of sulfonamides is 1. The molecule has 1 aliphatic rings. The molecule has 5 nitrogen and oxygen atoms in total. The zero-order valence-electron chi connectivity index (χ0n) is 16.2. The summed E-state index contributed by atoms with van der Waals surface area (Å²) in [4.78, 5) is 4.18. The van der Waals surface area contributed by atoms with Crippen LogP contribution in [0.25, 0.3) is 0 Å². The van der Waals surface area contributed by atoms with Gasteiger partial charge in [-0.2, -0.15) is 0 Å². The van der Waals surface area contributed by atoms with E-state index in [2.05, 4.69) is 23.5 Å². The summed E-state index contributed by atoms with van der Waals surface area (Å²) in [7, 11) is -3.60. The van der Waals surface area contributed by atoms with Gasteiger partial charge in [-0.05, 0) is 43.2 Å².